The summed E-state index contributed by atoms with van der Waals surface area (Å²) in [5.41, 5.74) is 2.83. The number of rotatable bonds is 3. The number of carbonyl (C=O) groups excluding carboxylic acids is 1. The average Bonchev–Trinajstić information content (AvgIpc) is 2.96. The van der Waals surface area contributed by atoms with Gasteiger partial charge in [0.2, 0.25) is 5.91 Å². The fourth-order valence-corrected chi connectivity index (χ4v) is 3.24. The van der Waals surface area contributed by atoms with E-state index in [2.05, 4.69) is 6.07 Å². The van der Waals surface area contributed by atoms with E-state index in [-0.39, 0.29) is 11.9 Å². The minimum absolute atomic E-state index is 0.0504. The van der Waals surface area contributed by atoms with E-state index in [4.69, 9.17) is 22.1 Å². The van der Waals surface area contributed by atoms with Crippen LogP contribution in [0.2, 0.25) is 5.02 Å². The van der Waals surface area contributed by atoms with Crippen LogP contribution in [0.1, 0.15) is 29.5 Å². The number of nitrogens with zero attached hydrogens (tertiary/aromatic N) is 3. The molecule has 1 amide bonds. The third-order valence-corrected chi connectivity index (χ3v) is 4.54. The smallest absolute Gasteiger partial charge is 0.227 e. The van der Waals surface area contributed by atoms with Crippen molar-refractivity contribution in [2.75, 3.05) is 4.90 Å². The lowest BCUT2D eigenvalue weighted by Crippen LogP contribution is -2.34. The number of nitriles is 2. The van der Waals surface area contributed by atoms with Crippen LogP contribution in [0, 0.1) is 22.7 Å². The monoisotopic (exact) mass is 335 g/mol. The molecule has 5 heteroatoms. The normalized spacial score (nSPS) is 16.7. The molecule has 0 bridgehead atoms. The zero-order chi connectivity index (χ0) is 17.1. The van der Waals surface area contributed by atoms with Crippen LogP contribution in [-0.4, -0.2) is 11.9 Å². The van der Waals surface area contributed by atoms with Gasteiger partial charge in [0.1, 0.15) is 6.07 Å². The molecule has 1 saturated heterocycles. The molecule has 24 heavy (non-hydrogen) atoms. The number of hydrogen-bond donors (Lipinski definition) is 0. The Hall–Kier alpha value is -2.82. The molecule has 1 aliphatic heterocycles. The summed E-state index contributed by atoms with van der Waals surface area (Å²) in [6, 6.07) is 16.7. The van der Waals surface area contributed by atoms with Crippen LogP contribution in [-0.2, 0) is 11.2 Å². The van der Waals surface area contributed by atoms with Gasteiger partial charge in [0.15, 0.2) is 0 Å². The predicted octanol–water partition coefficient (Wildman–Crippen LogP) is 3.82. The lowest BCUT2D eigenvalue weighted by atomic mass is 10.0. The number of hydrogen-bond acceptors (Lipinski definition) is 3. The summed E-state index contributed by atoms with van der Waals surface area (Å²) >= 11 is 6.11. The number of benzene rings is 2. The van der Waals surface area contributed by atoms with Gasteiger partial charge in [-0.15, -0.1) is 0 Å². The first kappa shape index (κ1) is 16.1. The van der Waals surface area contributed by atoms with Gasteiger partial charge in [-0.05, 0) is 48.7 Å². The zero-order valence-corrected chi connectivity index (χ0v) is 13.6. The fourth-order valence-electron chi connectivity index (χ4n) is 3.02. The average molecular weight is 336 g/mol. The molecule has 1 fully saturated rings. The molecular weight excluding hydrogens is 322 g/mol. The molecule has 1 aliphatic rings. The Morgan fingerprint density at radius 3 is 2.50 bits per heavy atom. The molecule has 0 unspecified atom stereocenters. The zero-order valence-electron chi connectivity index (χ0n) is 12.9. The Kier molecular flexibility index (Phi) is 4.51. The molecule has 0 saturated carbocycles. The highest BCUT2D eigenvalue weighted by atomic mass is 35.5. The van der Waals surface area contributed by atoms with Crippen molar-refractivity contribution in [1.82, 2.24) is 0 Å². The van der Waals surface area contributed by atoms with Crippen molar-refractivity contribution >= 4 is 23.2 Å². The largest absolute Gasteiger partial charge is 0.309 e. The summed E-state index contributed by atoms with van der Waals surface area (Å²) in [5.74, 6) is 0.0643. The second kappa shape index (κ2) is 6.74. The summed E-state index contributed by atoms with van der Waals surface area (Å²) in [4.78, 5) is 14.1. The van der Waals surface area contributed by atoms with Crippen LogP contribution in [0.5, 0.6) is 0 Å². The van der Waals surface area contributed by atoms with Gasteiger partial charge in [0.25, 0.3) is 0 Å². The lowest BCUT2D eigenvalue weighted by Gasteiger charge is -2.25. The number of halogens is 1. The Balaban J connectivity index is 1.85. The molecule has 3 rings (SSSR count). The summed E-state index contributed by atoms with van der Waals surface area (Å²) in [6.45, 7) is 0. The molecule has 2 aromatic carbocycles. The molecule has 1 heterocycles. The molecule has 118 valence electrons. The van der Waals surface area contributed by atoms with Crippen molar-refractivity contribution in [3.63, 3.8) is 0 Å². The van der Waals surface area contributed by atoms with Gasteiger partial charge in [0, 0.05) is 18.2 Å². The molecule has 0 N–H and O–H groups in total. The van der Waals surface area contributed by atoms with E-state index in [0.29, 0.717) is 22.6 Å². The minimum Gasteiger partial charge on any atom is -0.309 e. The lowest BCUT2D eigenvalue weighted by molar-refractivity contribution is -0.117. The summed E-state index contributed by atoms with van der Waals surface area (Å²) in [7, 11) is 0. The van der Waals surface area contributed by atoms with Gasteiger partial charge in [0.05, 0.1) is 22.2 Å². The molecule has 1 atom stereocenters. The Morgan fingerprint density at radius 1 is 1.12 bits per heavy atom. The molecule has 0 spiro atoms. The van der Waals surface area contributed by atoms with Crippen LogP contribution >= 0.6 is 11.6 Å². The Bertz CT molecular complexity index is 862. The van der Waals surface area contributed by atoms with Crippen LogP contribution in [0.4, 0.5) is 5.69 Å². The van der Waals surface area contributed by atoms with Crippen molar-refractivity contribution in [1.29, 1.82) is 10.5 Å². The molecule has 0 aromatic heterocycles. The first-order valence-electron chi connectivity index (χ1n) is 7.63. The van der Waals surface area contributed by atoms with Crippen molar-refractivity contribution in [2.45, 2.75) is 25.3 Å². The van der Waals surface area contributed by atoms with Gasteiger partial charge in [-0.1, -0.05) is 23.7 Å². The highest BCUT2D eigenvalue weighted by Crippen LogP contribution is 2.31. The van der Waals surface area contributed by atoms with Crippen LogP contribution in [0.15, 0.2) is 42.5 Å². The van der Waals surface area contributed by atoms with E-state index in [1.807, 2.05) is 18.2 Å². The van der Waals surface area contributed by atoms with Crippen LogP contribution < -0.4 is 4.90 Å². The standard InChI is InChI=1S/C19H14ClN3O/c20-18-10-17(6-5-15(18)12-22)23-16(7-8-19(23)24)9-13-1-3-14(11-21)4-2-13/h1-6,10,16H,7-9H2/t16-/m1/s1. The second-order valence-corrected chi connectivity index (χ2v) is 6.15. The third-order valence-electron chi connectivity index (χ3n) is 4.23. The molecule has 0 radical (unpaired) electrons. The van der Waals surface area contributed by atoms with Crippen molar-refractivity contribution in [2.24, 2.45) is 0 Å². The third kappa shape index (κ3) is 3.11. The second-order valence-electron chi connectivity index (χ2n) is 5.75. The summed E-state index contributed by atoms with van der Waals surface area (Å²) in [5, 5.41) is 18.2. The topological polar surface area (TPSA) is 67.9 Å². The van der Waals surface area contributed by atoms with Gasteiger partial charge < -0.3 is 4.90 Å². The van der Waals surface area contributed by atoms with Gasteiger partial charge in [-0.25, -0.2) is 0 Å². The van der Waals surface area contributed by atoms with Crippen LogP contribution in [0.3, 0.4) is 0 Å². The van der Waals surface area contributed by atoms with E-state index in [1.165, 1.54) is 0 Å². The molecule has 0 aliphatic carbocycles. The number of anilines is 1. The fraction of sp³-hybridized carbons (Fsp3) is 0.211. The molecule has 2 aromatic rings. The Morgan fingerprint density at radius 2 is 1.88 bits per heavy atom. The van der Waals surface area contributed by atoms with Gasteiger partial charge >= 0.3 is 0 Å². The van der Waals surface area contributed by atoms with Crippen molar-refractivity contribution in [3.8, 4) is 12.1 Å². The highest BCUT2D eigenvalue weighted by Gasteiger charge is 2.32. The van der Waals surface area contributed by atoms with E-state index >= 15 is 0 Å². The highest BCUT2D eigenvalue weighted by molar-refractivity contribution is 6.32. The van der Waals surface area contributed by atoms with E-state index in [1.54, 1.807) is 35.2 Å². The Labute approximate surface area is 145 Å². The van der Waals surface area contributed by atoms with Crippen LogP contribution in [0.25, 0.3) is 0 Å². The van der Waals surface area contributed by atoms with E-state index < -0.39 is 0 Å². The molecular formula is C19H14ClN3O. The van der Waals surface area contributed by atoms with Gasteiger partial charge in [-0.2, -0.15) is 10.5 Å². The number of carbonyl (C=O) groups is 1. The van der Waals surface area contributed by atoms with Crippen molar-refractivity contribution < 1.29 is 4.79 Å². The van der Waals surface area contributed by atoms with Crippen molar-refractivity contribution in [3.05, 3.63) is 64.2 Å². The maximum Gasteiger partial charge on any atom is 0.227 e. The van der Waals surface area contributed by atoms with E-state index in [9.17, 15) is 4.79 Å². The number of amides is 1. The quantitative estimate of drug-likeness (QED) is 0.856. The summed E-state index contributed by atoms with van der Waals surface area (Å²) in [6.07, 6.45) is 1.99. The maximum absolute atomic E-state index is 12.3. The molecule has 4 nitrogen and oxygen atoms in total. The maximum atomic E-state index is 12.3. The first-order valence-corrected chi connectivity index (χ1v) is 8.01. The van der Waals surface area contributed by atoms with E-state index in [0.717, 1.165) is 24.1 Å². The van der Waals surface area contributed by atoms with Gasteiger partial charge in [-0.3, -0.25) is 4.79 Å². The summed E-state index contributed by atoms with van der Waals surface area (Å²) < 4.78 is 0. The first-order chi connectivity index (χ1) is 11.6. The minimum atomic E-state index is 0.0504. The predicted molar refractivity (Wildman–Crippen MR) is 91.5 cm³/mol. The SMILES string of the molecule is N#Cc1ccc(C[C@H]2CCC(=O)N2c2ccc(C#N)c(Cl)c2)cc1.